The Hall–Kier alpha value is -3.16. The molecule has 25 heavy (non-hydrogen) atoms. The van der Waals surface area contributed by atoms with Crippen molar-refractivity contribution >= 4 is 22.9 Å². The largest absolute Gasteiger partial charge is 0.454 e. The van der Waals surface area contributed by atoms with Gasteiger partial charge in [-0.15, -0.1) is 0 Å². The van der Waals surface area contributed by atoms with Crippen LogP contribution in [0, 0.1) is 5.82 Å². The van der Waals surface area contributed by atoms with E-state index in [0.29, 0.717) is 35.7 Å². The minimum atomic E-state index is -0.561. The second-order valence-corrected chi connectivity index (χ2v) is 5.81. The Labute approximate surface area is 141 Å². The lowest BCUT2D eigenvalue weighted by molar-refractivity contribution is 0.0463. The molecule has 8 heteroatoms. The number of hydrogen-bond donors (Lipinski definition) is 2. The van der Waals surface area contributed by atoms with Crippen LogP contribution in [0.2, 0.25) is 0 Å². The summed E-state index contributed by atoms with van der Waals surface area (Å²) in [5.41, 5.74) is 1.49. The number of benzene rings is 1. The van der Waals surface area contributed by atoms with Crippen molar-refractivity contribution in [3.05, 3.63) is 53.4 Å². The number of carbonyl (C=O) groups excluding carboxylic acids is 2. The van der Waals surface area contributed by atoms with E-state index in [1.165, 1.54) is 12.1 Å². The van der Waals surface area contributed by atoms with E-state index in [2.05, 4.69) is 15.3 Å². The highest BCUT2D eigenvalue weighted by molar-refractivity contribution is 5.97. The molecule has 1 aromatic carbocycles. The lowest BCUT2D eigenvalue weighted by atomic mass is 10.3. The van der Waals surface area contributed by atoms with Crippen LogP contribution < -0.4 is 5.32 Å². The first-order valence-electron chi connectivity index (χ1n) is 7.90. The molecule has 1 amide bonds. The maximum Gasteiger partial charge on any atom is 0.340 e. The molecule has 1 aliphatic rings. The number of H-pyrrole nitrogens is 1. The topological polar surface area (TPSA) is 89.0 Å². The number of rotatable bonds is 3. The first-order chi connectivity index (χ1) is 12.1. The van der Waals surface area contributed by atoms with Crippen LogP contribution in [0.4, 0.5) is 4.39 Å². The van der Waals surface area contributed by atoms with Gasteiger partial charge in [-0.1, -0.05) is 6.07 Å². The number of carbonyl (C=O) groups is 2. The highest BCUT2D eigenvalue weighted by atomic mass is 19.1. The quantitative estimate of drug-likeness (QED) is 0.713. The number of para-hydroxylation sites is 1. The number of ether oxygens (including phenoxy) is 1. The van der Waals surface area contributed by atoms with E-state index in [0.717, 1.165) is 6.42 Å². The smallest absolute Gasteiger partial charge is 0.340 e. The van der Waals surface area contributed by atoms with E-state index in [-0.39, 0.29) is 18.0 Å². The molecular weight excluding hydrogens is 327 g/mol. The number of hydrogen-bond acceptors (Lipinski definition) is 4. The number of halogens is 1. The fourth-order valence-corrected chi connectivity index (χ4v) is 2.87. The molecule has 0 saturated carbocycles. The van der Waals surface area contributed by atoms with Gasteiger partial charge in [0.1, 0.15) is 23.6 Å². The summed E-state index contributed by atoms with van der Waals surface area (Å²) in [7, 11) is 0. The molecule has 0 spiro atoms. The fourth-order valence-electron chi connectivity index (χ4n) is 2.87. The van der Waals surface area contributed by atoms with Gasteiger partial charge in [0.2, 0.25) is 0 Å². The number of imidazole rings is 1. The average molecular weight is 342 g/mol. The van der Waals surface area contributed by atoms with Crippen molar-refractivity contribution in [1.29, 1.82) is 0 Å². The van der Waals surface area contributed by atoms with E-state index < -0.39 is 11.8 Å². The lowest BCUT2D eigenvalue weighted by Gasteiger charge is -2.01. The van der Waals surface area contributed by atoms with Crippen molar-refractivity contribution in [3.63, 3.8) is 0 Å². The Morgan fingerprint density at radius 3 is 3.12 bits per heavy atom. The van der Waals surface area contributed by atoms with E-state index in [1.54, 1.807) is 22.9 Å². The zero-order valence-corrected chi connectivity index (χ0v) is 13.2. The minimum absolute atomic E-state index is 0.111. The second kappa shape index (κ2) is 6.04. The van der Waals surface area contributed by atoms with Crippen LogP contribution in [0.15, 0.2) is 30.5 Å². The summed E-state index contributed by atoms with van der Waals surface area (Å²) < 4.78 is 20.6. The van der Waals surface area contributed by atoms with Gasteiger partial charge < -0.3 is 19.6 Å². The minimum Gasteiger partial charge on any atom is -0.454 e. The molecule has 3 aromatic rings. The summed E-state index contributed by atoms with van der Waals surface area (Å²) in [5, 5.41) is 2.77. The number of fused-ring (bicyclic) bond motifs is 2. The molecule has 2 N–H and O–H groups in total. The number of amides is 1. The van der Waals surface area contributed by atoms with Crippen LogP contribution in [0.5, 0.6) is 0 Å². The molecule has 0 aliphatic carbocycles. The molecule has 128 valence electrons. The first kappa shape index (κ1) is 15.4. The molecule has 7 nitrogen and oxygen atoms in total. The lowest BCUT2D eigenvalue weighted by Crippen LogP contribution is -2.22. The molecule has 0 radical (unpaired) electrons. The third kappa shape index (κ3) is 2.86. The van der Waals surface area contributed by atoms with Gasteiger partial charge in [-0.05, 0) is 24.6 Å². The predicted molar refractivity (Wildman–Crippen MR) is 86.6 cm³/mol. The van der Waals surface area contributed by atoms with E-state index in [9.17, 15) is 14.0 Å². The Kier molecular flexibility index (Phi) is 3.72. The number of aromatic amines is 1. The summed E-state index contributed by atoms with van der Waals surface area (Å²) in [6.45, 7) is 1.16. The number of esters is 1. The number of aromatic nitrogens is 3. The zero-order valence-electron chi connectivity index (χ0n) is 13.2. The van der Waals surface area contributed by atoms with Gasteiger partial charge in [-0.3, -0.25) is 4.79 Å². The van der Waals surface area contributed by atoms with Crippen molar-refractivity contribution in [1.82, 2.24) is 19.9 Å². The van der Waals surface area contributed by atoms with Crippen LogP contribution in [0.3, 0.4) is 0 Å². The summed E-state index contributed by atoms with van der Waals surface area (Å²) in [5.74, 6) is -0.848. The molecule has 0 saturated heterocycles. The molecule has 4 rings (SSSR count). The van der Waals surface area contributed by atoms with Crippen LogP contribution in [0.25, 0.3) is 11.0 Å². The number of aryl methyl sites for hydroxylation is 1. The highest BCUT2D eigenvalue weighted by Crippen LogP contribution is 2.17. The Morgan fingerprint density at radius 2 is 2.28 bits per heavy atom. The van der Waals surface area contributed by atoms with Crippen molar-refractivity contribution in [2.24, 2.45) is 0 Å². The maximum absolute atomic E-state index is 13.6. The maximum atomic E-state index is 13.6. The average Bonchev–Trinajstić information content (AvgIpc) is 3.17. The third-order valence-corrected chi connectivity index (χ3v) is 4.08. The van der Waals surface area contributed by atoms with Crippen molar-refractivity contribution < 1.29 is 18.7 Å². The number of nitrogens with one attached hydrogen (secondary N) is 2. The molecule has 0 unspecified atom stereocenters. The summed E-state index contributed by atoms with van der Waals surface area (Å²) in [6, 6.07) is 6.10. The molecule has 3 heterocycles. The van der Waals surface area contributed by atoms with Gasteiger partial charge >= 0.3 is 5.97 Å². The molecule has 0 atom stereocenters. The molecule has 1 aliphatic heterocycles. The zero-order chi connectivity index (χ0) is 17.4. The Balaban J connectivity index is 1.49. The Bertz CT molecular complexity index is 976. The molecular formula is C17H15FN4O3. The Morgan fingerprint density at radius 1 is 1.40 bits per heavy atom. The first-order valence-corrected chi connectivity index (χ1v) is 7.90. The second-order valence-electron chi connectivity index (χ2n) is 5.81. The van der Waals surface area contributed by atoms with E-state index >= 15 is 0 Å². The molecule has 2 aromatic heterocycles. The van der Waals surface area contributed by atoms with E-state index in [4.69, 9.17) is 4.74 Å². The summed E-state index contributed by atoms with van der Waals surface area (Å²) in [6.07, 6.45) is 2.41. The van der Waals surface area contributed by atoms with Gasteiger partial charge in [0.25, 0.3) is 5.91 Å². The normalized spacial score (nSPS) is 14.0. The molecule has 0 fully saturated rings. The fraction of sp³-hybridized carbons (Fsp3) is 0.235. The SMILES string of the molecule is O=C(OCc1nc2c(F)cccc2[nH]1)c1cc2n(c1)CCCNC2=O. The predicted octanol–water partition coefficient (Wildman–Crippen LogP) is 1.99. The van der Waals surface area contributed by atoms with Crippen molar-refractivity contribution in [2.75, 3.05) is 6.54 Å². The highest BCUT2D eigenvalue weighted by Gasteiger charge is 2.20. The van der Waals surface area contributed by atoms with Crippen LogP contribution >= 0.6 is 0 Å². The van der Waals surface area contributed by atoms with Crippen LogP contribution in [-0.2, 0) is 17.9 Å². The monoisotopic (exact) mass is 342 g/mol. The van der Waals surface area contributed by atoms with Gasteiger partial charge in [0.15, 0.2) is 5.82 Å². The summed E-state index contributed by atoms with van der Waals surface area (Å²) >= 11 is 0. The third-order valence-electron chi connectivity index (χ3n) is 4.08. The van der Waals surface area contributed by atoms with Gasteiger partial charge in [0.05, 0.1) is 11.1 Å². The van der Waals surface area contributed by atoms with Crippen LogP contribution in [0.1, 0.15) is 33.1 Å². The summed E-state index contributed by atoms with van der Waals surface area (Å²) in [4.78, 5) is 31.1. The van der Waals surface area contributed by atoms with Crippen molar-refractivity contribution in [3.8, 4) is 0 Å². The van der Waals surface area contributed by atoms with Gasteiger partial charge in [0, 0.05) is 19.3 Å². The number of nitrogens with zero attached hydrogens (tertiary/aromatic N) is 2. The van der Waals surface area contributed by atoms with Gasteiger partial charge in [-0.2, -0.15) is 0 Å². The van der Waals surface area contributed by atoms with Gasteiger partial charge in [-0.25, -0.2) is 14.2 Å². The standard InChI is InChI=1S/C17H15FN4O3/c18-11-3-1-4-12-15(11)21-14(20-12)9-25-17(24)10-7-13-16(23)19-5-2-6-22(13)8-10/h1,3-4,7-8H,2,5-6,9H2,(H,19,23)(H,20,21). The van der Waals surface area contributed by atoms with E-state index in [1.807, 2.05) is 0 Å². The van der Waals surface area contributed by atoms with Crippen LogP contribution in [-0.4, -0.2) is 33.0 Å². The van der Waals surface area contributed by atoms with Crippen molar-refractivity contribution in [2.45, 2.75) is 19.6 Å². The molecule has 0 bridgehead atoms.